The van der Waals surface area contributed by atoms with Gasteiger partial charge in [0.25, 0.3) is 0 Å². The number of nitrogens with zero attached hydrogens (tertiary/aromatic N) is 2. The van der Waals surface area contributed by atoms with Gasteiger partial charge in [0.2, 0.25) is 0 Å². The molecule has 0 saturated carbocycles. The molecular weight excluding hydrogens is 272 g/mol. The summed E-state index contributed by atoms with van der Waals surface area (Å²) in [5.41, 5.74) is 1.92. The van der Waals surface area contributed by atoms with Crippen LogP contribution < -0.4 is 0 Å². The molecule has 1 aliphatic heterocycles. The summed E-state index contributed by atoms with van der Waals surface area (Å²) in [7, 11) is 0. The second-order valence-electron chi connectivity index (χ2n) is 4.72. The van der Waals surface area contributed by atoms with Gasteiger partial charge in [-0.15, -0.1) is 11.8 Å². The summed E-state index contributed by atoms with van der Waals surface area (Å²) in [6.45, 7) is 2.99. The van der Waals surface area contributed by atoms with Gasteiger partial charge in [0, 0.05) is 16.3 Å². The molecule has 0 bridgehead atoms. The summed E-state index contributed by atoms with van der Waals surface area (Å²) < 4.78 is 6.79. The molecule has 1 aromatic carbocycles. The number of thioether (sulfide) groups is 1. The van der Waals surface area contributed by atoms with Gasteiger partial charge in [-0.2, -0.15) is 5.10 Å². The van der Waals surface area contributed by atoms with E-state index in [0.717, 1.165) is 13.0 Å². The number of aromatic nitrogens is 2. The fraction of sp³-hybridized carbons (Fsp3) is 0.333. The van der Waals surface area contributed by atoms with Crippen LogP contribution in [-0.4, -0.2) is 27.6 Å². The van der Waals surface area contributed by atoms with Crippen LogP contribution in [0.3, 0.4) is 0 Å². The van der Waals surface area contributed by atoms with Gasteiger partial charge in [-0.1, -0.05) is 18.2 Å². The quantitative estimate of drug-likeness (QED) is 0.812. The van der Waals surface area contributed by atoms with Crippen molar-refractivity contribution < 1.29 is 9.53 Å². The van der Waals surface area contributed by atoms with Crippen LogP contribution in [-0.2, 0) is 17.7 Å². The average Bonchev–Trinajstić information content (AvgIpc) is 3.05. The van der Waals surface area contributed by atoms with Gasteiger partial charge in [-0.3, -0.25) is 4.68 Å². The molecule has 0 N–H and O–H groups in total. The minimum atomic E-state index is -0.305. The number of ether oxygens (including phenoxy) is 1. The zero-order valence-electron chi connectivity index (χ0n) is 11.3. The van der Waals surface area contributed by atoms with Crippen molar-refractivity contribution in [3.63, 3.8) is 0 Å². The van der Waals surface area contributed by atoms with E-state index in [1.165, 1.54) is 10.5 Å². The molecule has 1 aliphatic rings. The first-order chi connectivity index (χ1) is 9.76. The fourth-order valence-electron chi connectivity index (χ4n) is 2.35. The molecule has 2 heterocycles. The van der Waals surface area contributed by atoms with Crippen molar-refractivity contribution >= 4 is 17.7 Å². The molecule has 1 aromatic heterocycles. The van der Waals surface area contributed by atoms with E-state index < -0.39 is 0 Å². The third-order valence-electron chi connectivity index (χ3n) is 3.25. The van der Waals surface area contributed by atoms with Gasteiger partial charge in [-0.05, 0) is 25.0 Å². The summed E-state index contributed by atoms with van der Waals surface area (Å²) >= 11 is 1.88. The second kappa shape index (κ2) is 5.71. The minimum Gasteiger partial charge on any atom is -0.462 e. The molecule has 5 heteroatoms. The van der Waals surface area contributed by atoms with Crippen LogP contribution in [0.15, 0.2) is 41.6 Å². The van der Waals surface area contributed by atoms with Crippen molar-refractivity contribution in [3.8, 4) is 0 Å². The Labute approximate surface area is 122 Å². The highest BCUT2D eigenvalue weighted by atomic mass is 32.2. The summed E-state index contributed by atoms with van der Waals surface area (Å²) in [6.07, 6.45) is 4.39. The van der Waals surface area contributed by atoms with Crippen molar-refractivity contribution in [1.82, 2.24) is 9.78 Å². The Morgan fingerprint density at radius 2 is 2.35 bits per heavy atom. The summed E-state index contributed by atoms with van der Waals surface area (Å²) in [4.78, 5) is 12.9. The molecule has 2 aromatic rings. The number of hydrogen-bond donors (Lipinski definition) is 0. The van der Waals surface area contributed by atoms with E-state index in [0.29, 0.717) is 17.4 Å². The van der Waals surface area contributed by atoms with E-state index in [1.807, 2.05) is 16.4 Å². The monoisotopic (exact) mass is 288 g/mol. The van der Waals surface area contributed by atoms with E-state index in [4.69, 9.17) is 4.74 Å². The topological polar surface area (TPSA) is 44.1 Å². The van der Waals surface area contributed by atoms with E-state index >= 15 is 0 Å². The Balaban J connectivity index is 1.64. The van der Waals surface area contributed by atoms with Crippen molar-refractivity contribution in [2.45, 2.75) is 30.0 Å². The van der Waals surface area contributed by atoms with Crippen LogP contribution in [0, 0.1) is 0 Å². The second-order valence-corrected chi connectivity index (χ2v) is 6.07. The van der Waals surface area contributed by atoms with Crippen LogP contribution in [0.25, 0.3) is 0 Å². The third-order valence-corrected chi connectivity index (χ3v) is 4.55. The number of esters is 1. The van der Waals surface area contributed by atoms with E-state index in [2.05, 4.69) is 29.4 Å². The first-order valence-electron chi connectivity index (χ1n) is 6.70. The summed E-state index contributed by atoms with van der Waals surface area (Å²) in [5, 5.41) is 4.72. The lowest BCUT2D eigenvalue weighted by atomic mass is 10.1. The lowest BCUT2D eigenvalue weighted by Gasteiger charge is -2.07. The normalized spacial score (nSPS) is 16.9. The molecule has 20 heavy (non-hydrogen) atoms. The first kappa shape index (κ1) is 13.2. The van der Waals surface area contributed by atoms with Crippen molar-refractivity contribution in [2.24, 2.45) is 0 Å². The highest BCUT2D eigenvalue weighted by Gasteiger charge is 2.22. The van der Waals surface area contributed by atoms with E-state index in [-0.39, 0.29) is 5.97 Å². The molecule has 1 atom stereocenters. The molecule has 0 saturated heterocycles. The Bertz CT molecular complexity index is 599. The third kappa shape index (κ3) is 2.72. The molecule has 0 aliphatic carbocycles. The van der Waals surface area contributed by atoms with Crippen LogP contribution in [0.1, 0.15) is 22.8 Å². The molecule has 4 nitrogen and oxygen atoms in total. The van der Waals surface area contributed by atoms with Crippen molar-refractivity contribution in [1.29, 1.82) is 0 Å². The maximum atomic E-state index is 11.6. The molecule has 0 fully saturated rings. The Morgan fingerprint density at radius 3 is 3.15 bits per heavy atom. The van der Waals surface area contributed by atoms with Crippen LogP contribution in [0.4, 0.5) is 0 Å². The Morgan fingerprint density at radius 1 is 1.50 bits per heavy atom. The number of benzene rings is 1. The molecule has 0 radical (unpaired) electrons. The van der Waals surface area contributed by atoms with Crippen molar-refractivity contribution in [2.75, 3.05) is 6.61 Å². The lowest BCUT2D eigenvalue weighted by Crippen LogP contribution is -2.12. The number of carbonyl (C=O) groups excluding carboxylic acids is 1. The largest absolute Gasteiger partial charge is 0.462 e. The minimum absolute atomic E-state index is 0.305. The lowest BCUT2D eigenvalue weighted by molar-refractivity contribution is 0.0526. The summed E-state index contributed by atoms with van der Waals surface area (Å²) in [6, 6.07) is 8.48. The fourth-order valence-corrected chi connectivity index (χ4v) is 3.66. The molecule has 0 spiro atoms. The highest BCUT2D eigenvalue weighted by Crippen LogP contribution is 2.37. The average molecular weight is 288 g/mol. The highest BCUT2D eigenvalue weighted by molar-refractivity contribution is 8.00. The number of carbonyl (C=O) groups is 1. The van der Waals surface area contributed by atoms with Gasteiger partial charge in [0.15, 0.2) is 0 Å². The zero-order valence-corrected chi connectivity index (χ0v) is 12.1. The Kier molecular flexibility index (Phi) is 3.78. The van der Waals surface area contributed by atoms with Crippen LogP contribution in [0.5, 0.6) is 0 Å². The molecular formula is C15H16N2O2S. The van der Waals surface area contributed by atoms with Crippen LogP contribution in [0.2, 0.25) is 0 Å². The van der Waals surface area contributed by atoms with Gasteiger partial charge in [-0.25, -0.2) is 4.79 Å². The van der Waals surface area contributed by atoms with E-state index in [9.17, 15) is 4.79 Å². The SMILES string of the molecule is CCOC(=O)c1cnn(CC2Cc3ccccc3S2)c1. The summed E-state index contributed by atoms with van der Waals surface area (Å²) in [5.74, 6) is -0.305. The first-order valence-corrected chi connectivity index (χ1v) is 7.58. The maximum absolute atomic E-state index is 11.6. The number of rotatable bonds is 4. The van der Waals surface area contributed by atoms with Gasteiger partial charge < -0.3 is 4.74 Å². The molecule has 1 unspecified atom stereocenters. The molecule has 3 rings (SSSR count). The maximum Gasteiger partial charge on any atom is 0.341 e. The Hall–Kier alpha value is -1.75. The van der Waals surface area contributed by atoms with Crippen molar-refractivity contribution in [3.05, 3.63) is 47.8 Å². The smallest absolute Gasteiger partial charge is 0.341 e. The number of fused-ring (bicyclic) bond motifs is 1. The van der Waals surface area contributed by atoms with Gasteiger partial charge >= 0.3 is 5.97 Å². The number of hydrogen-bond acceptors (Lipinski definition) is 4. The predicted molar refractivity (Wildman–Crippen MR) is 78.0 cm³/mol. The molecule has 0 amide bonds. The van der Waals surface area contributed by atoms with Gasteiger partial charge in [0.1, 0.15) is 0 Å². The van der Waals surface area contributed by atoms with Gasteiger partial charge in [0.05, 0.1) is 24.9 Å². The van der Waals surface area contributed by atoms with Crippen LogP contribution >= 0.6 is 11.8 Å². The predicted octanol–water partition coefficient (Wildman–Crippen LogP) is 2.78. The zero-order chi connectivity index (χ0) is 13.9. The standard InChI is InChI=1S/C15H16N2O2S/c1-2-19-15(18)12-8-16-17(9-12)10-13-7-11-5-3-4-6-14(11)20-13/h3-6,8-9,13H,2,7,10H2,1H3. The van der Waals surface area contributed by atoms with E-state index in [1.54, 1.807) is 19.3 Å². The molecule has 104 valence electrons.